The van der Waals surface area contributed by atoms with Gasteiger partial charge in [-0.2, -0.15) is 0 Å². The van der Waals surface area contributed by atoms with E-state index >= 15 is 0 Å². The van der Waals surface area contributed by atoms with Crippen molar-refractivity contribution in [2.24, 2.45) is 0 Å². The monoisotopic (exact) mass is 166 g/mol. The second-order valence-electron chi connectivity index (χ2n) is 2.55. The van der Waals surface area contributed by atoms with Gasteiger partial charge < -0.3 is 4.74 Å². The fraction of sp³-hybridized carbons (Fsp3) is 0.500. The van der Waals surface area contributed by atoms with Gasteiger partial charge in [0.15, 0.2) is 6.61 Å². The Hall–Kier alpha value is -1.23. The summed E-state index contributed by atoms with van der Waals surface area (Å²) < 4.78 is 4.66. The van der Waals surface area contributed by atoms with Crippen LogP contribution >= 0.6 is 0 Å². The van der Waals surface area contributed by atoms with Crippen molar-refractivity contribution in [1.82, 2.24) is 0 Å². The van der Waals surface area contributed by atoms with Gasteiger partial charge >= 0.3 is 5.97 Å². The normalized spacial score (nSPS) is 10.6. The maximum absolute atomic E-state index is 10.9. The Bertz CT molecular complexity index is 208. The molecule has 66 valence electrons. The summed E-state index contributed by atoms with van der Waals surface area (Å²) in [6.07, 6.45) is 8.36. The van der Waals surface area contributed by atoms with E-state index in [-0.39, 0.29) is 12.6 Å². The van der Waals surface area contributed by atoms with E-state index < -0.39 is 0 Å². The van der Waals surface area contributed by atoms with Gasteiger partial charge in [0.25, 0.3) is 0 Å². The average molecular weight is 166 g/mol. The predicted molar refractivity (Wildman–Crippen MR) is 48.5 cm³/mol. The first-order chi connectivity index (χ1) is 5.70. The van der Waals surface area contributed by atoms with E-state index in [9.17, 15) is 4.79 Å². The molecule has 0 bridgehead atoms. The first-order valence-electron chi connectivity index (χ1n) is 3.98. The largest absolute Gasteiger partial charge is 0.449 e. The number of hydrogen-bond donors (Lipinski definition) is 0. The number of terminal acetylenes is 1. The summed E-state index contributed by atoms with van der Waals surface area (Å²) in [6, 6.07) is 0. The van der Waals surface area contributed by atoms with Crippen LogP contribution in [0.2, 0.25) is 0 Å². The minimum Gasteiger partial charge on any atom is -0.449 e. The molecule has 12 heavy (non-hydrogen) atoms. The van der Waals surface area contributed by atoms with E-state index in [1.807, 2.05) is 6.92 Å². The number of allylic oxidation sites excluding steroid dienone is 1. The van der Waals surface area contributed by atoms with Crippen molar-refractivity contribution in [2.45, 2.75) is 26.7 Å². The highest BCUT2D eigenvalue weighted by molar-refractivity contribution is 5.82. The van der Waals surface area contributed by atoms with Crippen LogP contribution in [0.4, 0.5) is 0 Å². The standard InChI is InChI=1S/C10H14O2/c1-4-6-9(3)8-10(11)12-7-5-2/h2,8H,4,6-7H2,1,3H3/b9-8+. The summed E-state index contributed by atoms with van der Waals surface area (Å²) >= 11 is 0. The van der Waals surface area contributed by atoms with Crippen molar-refractivity contribution < 1.29 is 9.53 Å². The highest BCUT2D eigenvalue weighted by Gasteiger charge is 1.96. The van der Waals surface area contributed by atoms with Crippen LogP contribution in [-0.2, 0) is 9.53 Å². The van der Waals surface area contributed by atoms with Crippen molar-refractivity contribution in [3.63, 3.8) is 0 Å². The molecule has 0 aliphatic heterocycles. The van der Waals surface area contributed by atoms with Crippen molar-refractivity contribution >= 4 is 5.97 Å². The zero-order valence-electron chi connectivity index (χ0n) is 7.59. The maximum atomic E-state index is 10.9. The zero-order chi connectivity index (χ0) is 9.40. The Kier molecular flexibility index (Phi) is 5.81. The topological polar surface area (TPSA) is 26.3 Å². The number of rotatable bonds is 4. The Morgan fingerprint density at radius 2 is 2.33 bits per heavy atom. The van der Waals surface area contributed by atoms with Crippen molar-refractivity contribution in [3.05, 3.63) is 11.6 Å². The summed E-state index contributed by atoms with van der Waals surface area (Å²) in [4.78, 5) is 10.9. The van der Waals surface area contributed by atoms with Crippen molar-refractivity contribution in [1.29, 1.82) is 0 Å². The van der Waals surface area contributed by atoms with E-state index in [4.69, 9.17) is 6.42 Å². The average Bonchev–Trinajstić information content (AvgIpc) is 2.01. The molecule has 0 spiro atoms. The fourth-order valence-corrected chi connectivity index (χ4v) is 0.822. The van der Waals surface area contributed by atoms with E-state index in [1.165, 1.54) is 6.08 Å². The molecular formula is C10H14O2. The molecule has 0 aliphatic rings. The summed E-state index contributed by atoms with van der Waals surface area (Å²) in [7, 11) is 0. The third kappa shape index (κ3) is 5.55. The molecule has 2 heteroatoms. The highest BCUT2D eigenvalue weighted by Crippen LogP contribution is 2.02. The lowest BCUT2D eigenvalue weighted by molar-refractivity contribution is -0.136. The van der Waals surface area contributed by atoms with Gasteiger partial charge in [-0.25, -0.2) is 4.79 Å². The molecule has 0 unspecified atom stereocenters. The highest BCUT2D eigenvalue weighted by atomic mass is 16.5. The predicted octanol–water partition coefficient (Wildman–Crippen LogP) is 1.91. The third-order valence-electron chi connectivity index (χ3n) is 1.31. The van der Waals surface area contributed by atoms with Gasteiger partial charge in [-0.15, -0.1) is 6.42 Å². The van der Waals surface area contributed by atoms with Crippen LogP contribution in [0.25, 0.3) is 0 Å². The fourth-order valence-electron chi connectivity index (χ4n) is 0.822. The number of carbonyl (C=O) groups excluding carboxylic acids is 1. The molecule has 0 aromatic rings. The Balaban J connectivity index is 3.81. The molecule has 0 heterocycles. The molecule has 0 N–H and O–H groups in total. The lowest BCUT2D eigenvalue weighted by Crippen LogP contribution is -2.01. The van der Waals surface area contributed by atoms with E-state index in [1.54, 1.807) is 0 Å². The molecule has 0 rings (SSSR count). The molecule has 0 aromatic carbocycles. The molecular weight excluding hydrogens is 152 g/mol. The number of hydrogen-bond acceptors (Lipinski definition) is 2. The first kappa shape index (κ1) is 10.8. The Morgan fingerprint density at radius 1 is 1.67 bits per heavy atom. The molecule has 0 saturated carbocycles. The van der Waals surface area contributed by atoms with Crippen LogP contribution in [-0.4, -0.2) is 12.6 Å². The Morgan fingerprint density at radius 3 is 2.83 bits per heavy atom. The molecule has 0 aliphatic carbocycles. The van der Waals surface area contributed by atoms with Crippen LogP contribution in [0.1, 0.15) is 26.7 Å². The quantitative estimate of drug-likeness (QED) is 0.362. The van der Waals surface area contributed by atoms with Crippen molar-refractivity contribution in [2.75, 3.05) is 6.61 Å². The van der Waals surface area contributed by atoms with Gasteiger partial charge in [0.2, 0.25) is 0 Å². The number of esters is 1. The van der Waals surface area contributed by atoms with Crippen LogP contribution < -0.4 is 0 Å². The second-order valence-corrected chi connectivity index (χ2v) is 2.55. The first-order valence-corrected chi connectivity index (χ1v) is 3.98. The van der Waals surface area contributed by atoms with Gasteiger partial charge in [-0.1, -0.05) is 24.8 Å². The van der Waals surface area contributed by atoms with Crippen LogP contribution in [0, 0.1) is 12.3 Å². The molecule has 2 nitrogen and oxygen atoms in total. The van der Waals surface area contributed by atoms with Crippen molar-refractivity contribution in [3.8, 4) is 12.3 Å². The summed E-state index contributed by atoms with van der Waals surface area (Å²) in [5, 5.41) is 0. The Labute approximate surface area is 73.6 Å². The zero-order valence-corrected chi connectivity index (χ0v) is 7.59. The van der Waals surface area contributed by atoms with Gasteiger partial charge in [0.05, 0.1) is 0 Å². The SMILES string of the molecule is C#CCOC(=O)/C=C(\C)CCC. The second kappa shape index (κ2) is 6.48. The molecule has 0 saturated heterocycles. The third-order valence-corrected chi connectivity index (χ3v) is 1.31. The van der Waals surface area contributed by atoms with E-state index in [0.29, 0.717) is 0 Å². The van der Waals surface area contributed by atoms with Gasteiger partial charge in [-0.05, 0) is 13.3 Å². The van der Waals surface area contributed by atoms with Gasteiger partial charge in [0, 0.05) is 6.08 Å². The smallest absolute Gasteiger partial charge is 0.331 e. The molecule has 0 fully saturated rings. The van der Waals surface area contributed by atoms with E-state index in [2.05, 4.69) is 17.6 Å². The minimum atomic E-state index is -0.348. The van der Waals surface area contributed by atoms with Gasteiger partial charge in [-0.3, -0.25) is 0 Å². The van der Waals surface area contributed by atoms with Crippen LogP contribution in [0.15, 0.2) is 11.6 Å². The maximum Gasteiger partial charge on any atom is 0.331 e. The molecule has 0 radical (unpaired) electrons. The minimum absolute atomic E-state index is 0.0503. The number of carbonyl (C=O) groups is 1. The van der Waals surface area contributed by atoms with Crippen LogP contribution in [0.3, 0.4) is 0 Å². The summed E-state index contributed by atoms with van der Waals surface area (Å²) in [5.41, 5.74) is 1.03. The van der Waals surface area contributed by atoms with Gasteiger partial charge in [0.1, 0.15) is 0 Å². The summed E-state index contributed by atoms with van der Waals surface area (Å²) in [5.74, 6) is 1.88. The molecule has 0 aromatic heterocycles. The lowest BCUT2D eigenvalue weighted by Gasteiger charge is -1.97. The lowest BCUT2D eigenvalue weighted by atomic mass is 10.2. The molecule has 0 amide bonds. The molecule has 0 atom stereocenters. The number of ether oxygens (including phenoxy) is 1. The van der Waals surface area contributed by atoms with Crippen LogP contribution in [0.5, 0.6) is 0 Å². The van der Waals surface area contributed by atoms with E-state index in [0.717, 1.165) is 18.4 Å². The summed E-state index contributed by atoms with van der Waals surface area (Å²) in [6.45, 7) is 4.01.